The summed E-state index contributed by atoms with van der Waals surface area (Å²) < 4.78 is 104. The van der Waals surface area contributed by atoms with Gasteiger partial charge < -0.3 is 39.8 Å². The van der Waals surface area contributed by atoms with E-state index in [1.165, 1.54) is 73.2 Å². The number of carbonyl (C=O) groups is 1. The van der Waals surface area contributed by atoms with Crippen LogP contribution >= 0.6 is 25.8 Å². The Hall–Kier alpha value is -3.44. The molecule has 7 rings (SSSR count). The zero-order chi connectivity index (χ0) is 45.3. The average Bonchev–Trinajstić information content (AvgIpc) is 4.04. The molecule has 0 amide bonds. The minimum absolute atomic E-state index is 0.0160. The van der Waals surface area contributed by atoms with Crippen molar-refractivity contribution in [1.82, 2.24) is 39.0 Å². The van der Waals surface area contributed by atoms with Crippen LogP contribution in [0, 0.1) is 0 Å². The first kappa shape index (κ1) is 48.5. The van der Waals surface area contributed by atoms with Crippen molar-refractivity contribution in [3.05, 3.63) is 25.3 Å². The predicted molar refractivity (Wildman–Crippen MR) is 230 cm³/mol. The highest BCUT2D eigenvalue weighted by molar-refractivity contribution is 8.55. The molecule has 3 aliphatic heterocycles. The lowest BCUT2D eigenvalue weighted by atomic mass is 10.0. The largest absolute Gasteiger partial charge is 0.454 e. The van der Waals surface area contributed by atoms with Crippen molar-refractivity contribution in [3.8, 4) is 0 Å². The number of nitrogens with two attached hydrogens (primary N) is 2. The third kappa shape index (κ3) is 11.9. The second kappa shape index (κ2) is 22.4. The number of esters is 1. The number of carbonyl (C=O) groups excluding carboxylic acids is 1. The number of halogens is 2. The predicted octanol–water partition coefficient (Wildman–Crippen LogP) is 7.09. The van der Waals surface area contributed by atoms with Gasteiger partial charge in [0.25, 0.3) is 0 Å². The van der Waals surface area contributed by atoms with Crippen LogP contribution < -0.4 is 11.5 Å². The van der Waals surface area contributed by atoms with Crippen LogP contribution in [0.3, 0.4) is 0 Å². The van der Waals surface area contributed by atoms with Crippen LogP contribution in [0.5, 0.6) is 0 Å². The summed E-state index contributed by atoms with van der Waals surface area (Å²) in [5.41, 5.74) is 12.4. The van der Waals surface area contributed by atoms with E-state index in [9.17, 15) is 18.8 Å². The first-order chi connectivity index (χ1) is 30.9. The van der Waals surface area contributed by atoms with E-state index in [4.69, 9.17) is 44.0 Å². The molecule has 0 saturated carbocycles. The van der Waals surface area contributed by atoms with Gasteiger partial charge in [-0.3, -0.25) is 27.5 Å². The van der Waals surface area contributed by atoms with Gasteiger partial charge in [0.2, 0.25) is 0 Å². The highest BCUT2D eigenvalue weighted by atomic mass is 32.7. The zero-order valence-corrected chi connectivity index (χ0v) is 38.1. The van der Waals surface area contributed by atoms with Crippen molar-refractivity contribution in [3.63, 3.8) is 0 Å². The van der Waals surface area contributed by atoms with Gasteiger partial charge in [0, 0.05) is 17.8 Å². The molecule has 3 aliphatic rings. The SMILES string of the molecule is CCCCCCCCCCCCCCCC(=O)OCSP1(=O)OC[C@H]2O[C@@H](n3cnc4c(N)ncnc43)[C@H](F)[C@@H]2OCP(=O)(O)OC[C@H]2O[C@@H](n3cnc4c(N)ncnc43)[C@H](F)[C@@H]2O1. The van der Waals surface area contributed by atoms with Crippen LogP contribution in [0.4, 0.5) is 20.4 Å². The topological polar surface area (TPSA) is 275 Å². The van der Waals surface area contributed by atoms with Gasteiger partial charge in [-0.15, -0.1) is 0 Å². The number of rotatable bonds is 19. The lowest BCUT2D eigenvalue weighted by Gasteiger charge is -2.26. The molecule has 354 valence electrons. The second-order valence-corrected chi connectivity index (χ2v) is 21.7. The summed E-state index contributed by atoms with van der Waals surface area (Å²) in [6.07, 6.45) is 5.15. The third-order valence-electron chi connectivity index (χ3n) is 11.3. The summed E-state index contributed by atoms with van der Waals surface area (Å²) in [6, 6.07) is 0. The number of imidazole rings is 2. The Kier molecular flexibility index (Phi) is 16.9. The lowest BCUT2D eigenvalue weighted by Crippen LogP contribution is -2.35. The number of fused-ring (bicyclic) bond motifs is 4. The Morgan fingerprint density at radius 2 is 1.27 bits per heavy atom. The molecule has 4 aromatic heterocycles. The molecule has 3 fully saturated rings. The normalized spacial score (nSPS) is 30.1. The van der Waals surface area contributed by atoms with Crippen molar-refractivity contribution >= 4 is 65.7 Å². The van der Waals surface area contributed by atoms with E-state index in [0.717, 1.165) is 38.3 Å². The molecule has 0 bridgehead atoms. The number of hydrogen-bond acceptors (Lipinski definition) is 19. The van der Waals surface area contributed by atoms with E-state index >= 15 is 8.78 Å². The fourth-order valence-corrected chi connectivity index (χ4v) is 11.5. The van der Waals surface area contributed by atoms with Crippen molar-refractivity contribution in [2.75, 3.05) is 37.0 Å². The number of hydrogen-bond donors (Lipinski definition) is 3. The lowest BCUT2D eigenvalue weighted by molar-refractivity contribution is -0.141. The summed E-state index contributed by atoms with van der Waals surface area (Å²) in [5, 5.41) is 0. The number of alkyl halides is 2. The van der Waals surface area contributed by atoms with E-state index in [0.29, 0.717) is 17.8 Å². The molecular formula is C38H56F2N10O11P2S. The summed E-state index contributed by atoms with van der Waals surface area (Å²) in [6.45, 7) is -3.91. The fraction of sp³-hybridized carbons (Fsp3) is 0.711. The Labute approximate surface area is 372 Å². The van der Waals surface area contributed by atoms with Crippen molar-refractivity contribution in [1.29, 1.82) is 0 Å². The minimum Gasteiger partial charge on any atom is -0.454 e. The standard InChI is InChI=1S/C38H56F2N10O11P2S/c1-2-3-4-5-6-7-8-9-10-11-12-13-14-15-26(51)56-23-64-63(54)58-17-24-31(27(39)37(59-24)49-20-47-29-33(41)43-18-45-35(29)49)55-22-62(52,53)57-16-25-32(61-63)28(40)38(60-25)50-21-48-30-34(42)44-19-46-36(30)50/h18-21,24-25,27-28,31-32,37-38H,2-17,22-23H2,1H3,(H,52,53)(H2,41,43,45)(H2,42,44,46)/t24-,25-,27-,28-,31-,32-,37-,38-,63?/m1/s1. The van der Waals surface area contributed by atoms with Crippen molar-refractivity contribution < 1.29 is 60.1 Å². The van der Waals surface area contributed by atoms with Gasteiger partial charge in [-0.1, -0.05) is 84.0 Å². The van der Waals surface area contributed by atoms with Gasteiger partial charge in [-0.25, -0.2) is 43.2 Å². The maximum absolute atomic E-state index is 16.7. The van der Waals surface area contributed by atoms with Crippen LogP contribution in [-0.4, -0.2) is 112 Å². The van der Waals surface area contributed by atoms with Gasteiger partial charge in [0.05, 0.1) is 25.9 Å². The van der Waals surface area contributed by atoms with E-state index < -0.39 is 95.1 Å². The van der Waals surface area contributed by atoms with E-state index in [-0.39, 0.29) is 40.4 Å². The molecular weight excluding hydrogens is 904 g/mol. The number of nitrogen functional groups attached to an aromatic ring is 2. The van der Waals surface area contributed by atoms with Crippen LogP contribution in [0.15, 0.2) is 25.3 Å². The summed E-state index contributed by atoms with van der Waals surface area (Å²) >= 11 is 0.445. The smallest absolute Gasteiger partial charge is 0.392 e. The summed E-state index contributed by atoms with van der Waals surface area (Å²) in [7, 11) is -4.72. The molecule has 3 saturated heterocycles. The molecule has 7 heterocycles. The molecule has 64 heavy (non-hydrogen) atoms. The number of ether oxygens (including phenoxy) is 4. The Balaban J connectivity index is 1.02. The van der Waals surface area contributed by atoms with E-state index in [2.05, 4.69) is 36.8 Å². The quantitative estimate of drug-likeness (QED) is 0.0366. The summed E-state index contributed by atoms with van der Waals surface area (Å²) in [4.78, 5) is 48.0. The van der Waals surface area contributed by atoms with Gasteiger partial charge in [0.15, 0.2) is 47.7 Å². The van der Waals surface area contributed by atoms with Gasteiger partial charge >= 0.3 is 20.4 Å². The number of anilines is 2. The maximum Gasteiger partial charge on any atom is 0.392 e. The third-order valence-corrected chi connectivity index (χ3v) is 15.7. The Morgan fingerprint density at radius 3 is 1.83 bits per heavy atom. The molecule has 21 nitrogen and oxygen atoms in total. The van der Waals surface area contributed by atoms with Gasteiger partial charge in [-0.05, 0) is 6.42 Å². The van der Waals surface area contributed by atoms with Crippen LogP contribution in [-0.2, 0) is 46.4 Å². The molecule has 5 N–H and O–H groups in total. The fourth-order valence-electron chi connectivity index (χ4n) is 7.88. The first-order valence-electron chi connectivity index (χ1n) is 21.6. The minimum atomic E-state index is -4.72. The molecule has 0 spiro atoms. The Bertz CT molecular complexity index is 2270. The highest BCUT2D eigenvalue weighted by Crippen LogP contribution is 2.63. The van der Waals surface area contributed by atoms with Crippen LogP contribution in [0.25, 0.3) is 22.3 Å². The molecule has 4 aromatic rings. The van der Waals surface area contributed by atoms with Crippen LogP contribution in [0.2, 0.25) is 0 Å². The highest BCUT2D eigenvalue weighted by Gasteiger charge is 2.54. The molecule has 0 radical (unpaired) electrons. The van der Waals surface area contributed by atoms with Gasteiger partial charge in [0.1, 0.15) is 60.4 Å². The number of unbranched alkanes of at least 4 members (excludes halogenated alkanes) is 12. The van der Waals surface area contributed by atoms with Gasteiger partial charge in [-0.2, -0.15) is 0 Å². The number of nitrogens with zero attached hydrogens (tertiary/aromatic N) is 8. The van der Waals surface area contributed by atoms with Crippen molar-refractivity contribution in [2.45, 2.75) is 146 Å². The molecule has 26 heteroatoms. The summed E-state index contributed by atoms with van der Waals surface area (Å²) in [5.74, 6) is -1.03. The average molecular weight is 961 g/mol. The van der Waals surface area contributed by atoms with Crippen LogP contribution in [0.1, 0.15) is 109 Å². The molecule has 0 aliphatic carbocycles. The first-order valence-corrected chi connectivity index (χ1v) is 26.5. The Morgan fingerprint density at radius 1 is 0.766 bits per heavy atom. The van der Waals surface area contributed by atoms with E-state index in [1.54, 1.807) is 0 Å². The molecule has 0 aromatic carbocycles. The second-order valence-electron chi connectivity index (χ2n) is 15.9. The molecule has 2 unspecified atom stereocenters. The van der Waals surface area contributed by atoms with E-state index in [1.807, 2.05) is 0 Å². The monoisotopic (exact) mass is 960 g/mol. The maximum atomic E-state index is 16.7. The zero-order valence-electron chi connectivity index (χ0n) is 35.5. The van der Waals surface area contributed by atoms with Crippen molar-refractivity contribution in [2.24, 2.45) is 0 Å². The number of aromatic nitrogens is 8. The molecule has 10 atom stereocenters.